The van der Waals surface area contributed by atoms with Crippen LogP contribution in [0.4, 0.5) is 0 Å². The molecule has 4 heteroatoms. The lowest BCUT2D eigenvalue weighted by atomic mass is 10.0. The molecule has 0 N–H and O–H groups in total. The van der Waals surface area contributed by atoms with E-state index in [-0.39, 0.29) is 12.1 Å². The maximum Gasteiger partial charge on any atom is 0.148 e. The summed E-state index contributed by atoms with van der Waals surface area (Å²) in [5.74, 6) is 0.846. The maximum absolute atomic E-state index is 5.95. The smallest absolute Gasteiger partial charge is 0.148 e. The fraction of sp³-hybridized carbons (Fsp3) is 0.200. The molecule has 1 heterocycles. The van der Waals surface area contributed by atoms with Crippen LogP contribution in [0.15, 0.2) is 64.8 Å². The van der Waals surface area contributed by atoms with E-state index in [1.807, 2.05) is 54.6 Å². The third-order valence-electron chi connectivity index (χ3n) is 3.06. The predicted molar refractivity (Wildman–Crippen MR) is 74.8 cm³/mol. The molecule has 96 valence electrons. The van der Waals surface area contributed by atoms with E-state index in [1.165, 1.54) is 0 Å². The van der Waals surface area contributed by atoms with Crippen LogP contribution in [-0.2, 0) is 0 Å². The normalized spacial score (nSPS) is 21.5. The van der Waals surface area contributed by atoms with Gasteiger partial charge in [-0.2, -0.15) is 10.2 Å². The van der Waals surface area contributed by atoms with Crippen LogP contribution in [0, 0.1) is 0 Å². The zero-order valence-corrected chi connectivity index (χ0v) is 11.0. The Kier molecular flexibility index (Phi) is 3.47. The Hall–Kier alpha value is -1.87. The summed E-state index contributed by atoms with van der Waals surface area (Å²) in [6.07, 6.45) is -0.0522. The highest BCUT2D eigenvalue weighted by Gasteiger charge is 2.29. The van der Waals surface area contributed by atoms with Gasteiger partial charge in [-0.05, 0) is 29.8 Å². The van der Waals surface area contributed by atoms with Gasteiger partial charge in [0.25, 0.3) is 0 Å². The number of benzene rings is 2. The molecule has 3 rings (SSSR count). The number of hydrogen-bond donors (Lipinski definition) is 0. The zero-order chi connectivity index (χ0) is 13.1. The molecule has 2 unspecified atom stereocenters. The minimum atomic E-state index is -0.0579. The van der Waals surface area contributed by atoms with Crippen molar-refractivity contribution in [2.24, 2.45) is 10.2 Å². The van der Waals surface area contributed by atoms with Gasteiger partial charge in [-0.3, -0.25) is 0 Å². The van der Waals surface area contributed by atoms with Gasteiger partial charge in [0.05, 0.1) is 6.54 Å². The highest BCUT2D eigenvalue weighted by atomic mass is 35.5. The van der Waals surface area contributed by atoms with E-state index in [0.717, 1.165) is 16.3 Å². The summed E-state index contributed by atoms with van der Waals surface area (Å²) < 4.78 is 5.95. The van der Waals surface area contributed by atoms with Crippen LogP contribution in [0.5, 0.6) is 5.75 Å². The molecule has 0 saturated carbocycles. The second kappa shape index (κ2) is 5.41. The van der Waals surface area contributed by atoms with Crippen LogP contribution < -0.4 is 4.74 Å². The van der Waals surface area contributed by atoms with Gasteiger partial charge in [-0.15, -0.1) is 0 Å². The van der Waals surface area contributed by atoms with Gasteiger partial charge < -0.3 is 4.74 Å². The van der Waals surface area contributed by atoms with Crippen LogP contribution in [0.2, 0.25) is 5.02 Å². The van der Waals surface area contributed by atoms with Gasteiger partial charge in [-0.25, -0.2) is 0 Å². The molecule has 0 aromatic heterocycles. The van der Waals surface area contributed by atoms with E-state index in [1.54, 1.807) is 0 Å². The summed E-state index contributed by atoms with van der Waals surface area (Å²) in [6, 6.07) is 17.4. The second-order valence-electron chi connectivity index (χ2n) is 4.41. The highest BCUT2D eigenvalue weighted by Crippen LogP contribution is 2.30. The van der Waals surface area contributed by atoms with E-state index >= 15 is 0 Å². The topological polar surface area (TPSA) is 34.0 Å². The van der Waals surface area contributed by atoms with Gasteiger partial charge in [0.2, 0.25) is 0 Å². The maximum atomic E-state index is 5.95. The number of azo groups is 1. The van der Waals surface area contributed by atoms with Crippen molar-refractivity contribution in [3.05, 3.63) is 65.2 Å². The second-order valence-corrected chi connectivity index (χ2v) is 4.84. The zero-order valence-electron chi connectivity index (χ0n) is 10.2. The minimum Gasteiger partial charge on any atom is -0.486 e. The molecule has 2 aromatic rings. The summed E-state index contributed by atoms with van der Waals surface area (Å²) in [5.41, 5.74) is 1.08. The molecule has 0 saturated heterocycles. The molecule has 0 amide bonds. The first kappa shape index (κ1) is 12.2. The van der Waals surface area contributed by atoms with Crippen LogP contribution in [0.3, 0.4) is 0 Å². The van der Waals surface area contributed by atoms with Crippen LogP contribution in [0.1, 0.15) is 11.6 Å². The van der Waals surface area contributed by atoms with E-state index in [4.69, 9.17) is 16.3 Å². The fourth-order valence-electron chi connectivity index (χ4n) is 2.11. The van der Waals surface area contributed by atoms with Crippen molar-refractivity contribution in [2.45, 2.75) is 12.1 Å². The number of halogens is 1. The summed E-state index contributed by atoms with van der Waals surface area (Å²) >= 11 is 5.90. The molecular formula is C15H13ClN2O. The Labute approximate surface area is 116 Å². The first-order chi connectivity index (χ1) is 9.33. The van der Waals surface area contributed by atoms with Crippen molar-refractivity contribution in [3.8, 4) is 5.75 Å². The molecular weight excluding hydrogens is 260 g/mol. The third-order valence-corrected chi connectivity index (χ3v) is 3.31. The Morgan fingerprint density at radius 2 is 1.74 bits per heavy atom. The fourth-order valence-corrected chi connectivity index (χ4v) is 2.23. The lowest BCUT2D eigenvalue weighted by molar-refractivity contribution is 0.198. The molecule has 2 atom stereocenters. The standard InChI is InChI=1S/C15H13ClN2O/c16-12-8-6-11(7-9-12)15-14(10-17-18-15)19-13-4-2-1-3-5-13/h1-9,14-15H,10H2. The van der Waals surface area contributed by atoms with Crippen molar-refractivity contribution >= 4 is 11.6 Å². The SMILES string of the molecule is Clc1ccc(C2N=NCC2Oc2ccccc2)cc1. The van der Waals surface area contributed by atoms with Crippen LogP contribution in [-0.4, -0.2) is 12.6 Å². The summed E-state index contributed by atoms with van der Waals surface area (Å²) in [7, 11) is 0. The highest BCUT2D eigenvalue weighted by molar-refractivity contribution is 6.30. The molecule has 0 aliphatic carbocycles. The van der Waals surface area contributed by atoms with E-state index in [9.17, 15) is 0 Å². The van der Waals surface area contributed by atoms with Gasteiger partial charge in [0, 0.05) is 5.02 Å². The molecule has 1 aliphatic rings. The Morgan fingerprint density at radius 3 is 2.47 bits per heavy atom. The van der Waals surface area contributed by atoms with Gasteiger partial charge in [-0.1, -0.05) is 41.9 Å². The molecule has 0 bridgehead atoms. The molecule has 19 heavy (non-hydrogen) atoms. The summed E-state index contributed by atoms with van der Waals surface area (Å²) in [6.45, 7) is 0.586. The summed E-state index contributed by atoms with van der Waals surface area (Å²) in [4.78, 5) is 0. The van der Waals surface area contributed by atoms with Gasteiger partial charge in [0.1, 0.15) is 17.9 Å². The first-order valence-corrected chi connectivity index (χ1v) is 6.54. The van der Waals surface area contributed by atoms with Crippen molar-refractivity contribution < 1.29 is 4.74 Å². The largest absolute Gasteiger partial charge is 0.486 e. The Bertz CT molecular complexity index is 568. The molecule has 0 radical (unpaired) electrons. The molecule has 0 spiro atoms. The number of rotatable bonds is 3. The average molecular weight is 273 g/mol. The number of hydrogen-bond acceptors (Lipinski definition) is 3. The summed E-state index contributed by atoms with van der Waals surface area (Å²) in [5, 5.41) is 9.10. The van der Waals surface area contributed by atoms with E-state index in [2.05, 4.69) is 10.2 Å². The number of nitrogens with zero attached hydrogens (tertiary/aromatic N) is 2. The van der Waals surface area contributed by atoms with E-state index in [0.29, 0.717) is 6.54 Å². The average Bonchev–Trinajstić information content (AvgIpc) is 2.89. The lowest BCUT2D eigenvalue weighted by Crippen LogP contribution is -2.23. The monoisotopic (exact) mass is 272 g/mol. The molecule has 1 aliphatic heterocycles. The van der Waals surface area contributed by atoms with Crippen molar-refractivity contribution in [3.63, 3.8) is 0 Å². The number of ether oxygens (including phenoxy) is 1. The van der Waals surface area contributed by atoms with Crippen LogP contribution >= 0.6 is 11.6 Å². The molecule has 2 aromatic carbocycles. The predicted octanol–water partition coefficient (Wildman–Crippen LogP) is 4.29. The van der Waals surface area contributed by atoms with Crippen molar-refractivity contribution in [1.82, 2.24) is 0 Å². The van der Waals surface area contributed by atoms with E-state index < -0.39 is 0 Å². The Morgan fingerprint density at radius 1 is 1.00 bits per heavy atom. The molecule has 0 fully saturated rings. The molecule has 3 nitrogen and oxygen atoms in total. The Balaban J connectivity index is 1.77. The lowest BCUT2D eigenvalue weighted by Gasteiger charge is -2.18. The van der Waals surface area contributed by atoms with Crippen molar-refractivity contribution in [2.75, 3.05) is 6.54 Å². The quantitative estimate of drug-likeness (QED) is 0.820. The first-order valence-electron chi connectivity index (χ1n) is 6.17. The number of para-hydroxylation sites is 1. The van der Waals surface area contributed by atoms with Crippen molar-refractivity contribution in [1.29, 1.82) is 0 Å². The third kappa shape index (κ3) is 2.76. The van der Waals surface area contributed by atoms with Gasteiger partial charge >= 0.3 is 0 Å². The van der Waals surface area contributed by atoms with Crippen LogP contribution in [0.25, 0.3) is 0 Å². The van der Waals surface area contributed by atoms with Gasteiger partial charge in [0.15, 0.2) is 0 Å². The minimum absolute atomic E-state index is 0.0522.